The van der Waals surface area contributed by atoms with Crippen molar-refractivity contribution < 1.29 is 14.3 Å². The summed E-state index contributed by atoms with van der Waals surface area (Å²) in [6, 6.07) is 13.6. The Morgan fingerprint density at radius 1 is 0.929 bits per heavy atom. The highest BCUT2D eigenvalue weighted by atomic mass is 16.5. The van der Waals surface area contributed by atoms with E-state index >= 15 is 0 Å². The molecule has 0 aromatic heterocycles. The van der Waals surface area contributed by atoms with Gasteiger partial charge in [0, 0.05) is 38.4 Å². The molecule has 1 amide bonds. The number of piperazine rings is 1. The first-order chi connectivity index (χ1) is 13.6. The summed E-state index contributed by atoms with van der Waals surface area (Å²) in [5, 5.41) is 2.96. The molecular formula is C22H29N3O3. The molecule has 0 radical (unpaired) electrons. The minimum Gasteiger partial charge on any atom is -0.493 e. The van der Waals surface area contributed by atoms with Gasteiger partial charge in [-0.15, -0.1) is 0 Å². The number of ether oxygens (including phenoxy) is 2. The van der Waals surface area contributed by atoms with E-state index in [1.165, 1.54) is 5.56 Å². The zero-order valence-corrected chi connectivity index (χ0v) is 16.9. The summed E-state index contributed by atoms with van der Waals surface area (Å²) < 4.78 is 10.5. The first-order valence-corrected chi connectivity index (χ1v) is 9.58. The lowest BCUT2D eigenvalue weighted by molar-refractivity contribution is -0.115. The van der Waals surface area contributed by atoms with Crippen molar-refractivity contribution in [1.82, 2.24) is 9.80 Å². The van der Waals surface area contributed by atoms with Crippen molar-refractivity contribution in [3.63, 3.8) is 0 Å². The smallest absolute Gasteiger partial charge is 0.228 e. The highest BCUT2D eigenvalue weighted by molar-refractivity contribution is 5.92. The van der Waals surface area contributed by atoms with Gasteiger partial charge in [0.15, 0.2) is 11.5 Å². The van der Waals surface area contributed by atoms with E-state index in [2.05, 4.69) is 34.3 Å². The van der Waals surface area contributed by atoms with Crippen LogP contribution < -0.4 is 14.8 Å². The number of likely N-dealkylation sites (N-methyl/N-ethyl adjacent to an activating group) is 1. The number of hydrogen-bond acceptors (Lipinski definition) is 5. The minimum atomic E-state index is -0.0564. The molecule has 0 saturated carbocycles. The average molecular weight is 383 g/mol. The lowest BCUT2D eigenvalue weighted by Gasteiger charge is -2.32. The topological polar surface area (TPSA) is 54.0 Å². The van der Waals surface area contributed by atoms with Gasteiger partial charge in [-0.05, 0) is 42.4 Å². The van der Waals surface area contributed by atoms with Crippen molar-refractivity contribution in [2.45, 2.75) is 13.0 Å². The number of hydrogen-bond donors (Lipinski definition) is 1. The number of nitrogens with one attached hydrogen (secondary N) is 1. The zero-order valence-electron chi connectivity index (χ0n) is 16.9. The molecular weight excluding hydrogens is 354 g/mol. The third kappa shape index (κ3) is 5.47. The number of methoxy groups -OCH3 is 2. The molecule has 2 aromatic rings. The van der Waals surface area contributed by atoms with E-state index in [1.54, 1.807) is 14.2 Å². The molecule has 1 aliphatic rings. The fourth-order valence-electron chi connectivity index (χ4n) is 3.34. The van der Waals surface area contributed by atoms with Crippen LogP contribution in [0.2, 0.25) is 0 Å². The molecule has 6 nitrogen and oxygen atoms in total. The molecule has 0 aliphatic carbocycles. The van der Waals surface area contributed by atoms with Crippen LogP contribution in [-0.4, -0.2) is 63.2 Å². The Bertz CT molecular complexity index is 784. The van der Waals surface area contributed by atoms with Gasteiger partial charge in [-0.1, -0.05) is 18.2 Å². The summed E-state index contributed by atoms with van der Waals surface area (Å²) in [7, 11) is 5.35. The summed E-state index contributed by atoms with van der Waals surface area (Å²) in [4.78, 5) is 17.2. The van der Waals surface area contributed by atoms with E-state index in [1.807, 2.05) is 30.3 Å². The van der Waals surface area contributed by atoms with Crippen LogP contribution in [0.5, 0.6) is 11.5 Å². The first kappa shape index (κ1) is 20.2. The molecule has 28 heavy (non-hydrogen) atoms. The summed E-state index contributed by atoms with van der Waals surface area (Å²) >= 11 is 0. The van der Waals surface area contributed by atoms with E-state index in [0.717, 1.165) is 44.0 Å². The number of benzene rings is 2. The molecule has 3 rings (SSSR count). The number of carbonyl (C=O) groups is 1. The van der Waals surface area contributed by atoms with E-state index in [4.69, 9.17) is 9.47 Å². The molecule has 0 unspecified atom stereocenters. The van der Waals surface area contributed by atoms with Crippen LogP contribution in [0.3, 0.4) is 0 Å². The lowest BCUT2D eigenvalue weighted by Crippen LogP contribution is -2.43. The third-order valence-electron chi connectivity index (χ3n) is 5.05. The number of nitrogens with zero attached hydrogens (tertiary/aromatic N) is 2. The maximum Gasteiger partial charge on any atom is 0.228 e. The molecule has 1 saturated heterocycles. The Labute approximate surface area is 167 Å². The van der Waals surface area contributed by atoms with Gasteiger partial charge in [-0.25, -0.2) is 0 Å². The van der Waals surface area contributed by atoms with Crippen LogP contribution in [0, 0.1) is 0 Å². The van der Waals surface area contributed by atoms with Crippen molar-refractivity contribution in [3.8, 4) is 11.5 Å². The summed E-state index contributed by atoms with van der Waals surface area (Å²) in [5.74, 6) is 1.22. The van der Waals surface area contributed by atoms with Crippen molar-refractivity contribution in [3.05, 3.63) is 53.6 Å². The Morgan fingerprint density at radius 3 is 2.21 bits per heavy atom. The van der Waals surface area contributed by atoms with Crippen molar-refractivity contribution >= 4 is 11.6 Å². The molecule has 0 spiro atoms. The van der Waals surface area contributed by atoms with Crippen LogP contribution in [0.4, 0.5) is 5.69 Å². The fourth-order valence-corrected chi connectivity index (χ4v) is 3.34. The summed E-state index contributed by atoms with van der Waals surface area (Å²) in [5.41, 5.74) is 2.96. The third-order valence-corrected chi connectivity index (χ3v) is 5.05. The van der Waals surface area contributed by atoms with Crippen LogP contribution in [0.1, 0.15) is 11.1 Å². The Hall–Kier alpha value is -2.57. The highest BCUT2D eigenvalue weighted by Crippen LogP contribution is 2.27. The average Bonchev–Trinajstić information content (AvgIpc) is 2.71. The van der Waals surface area contributed by atoms with Crippen molar-refractivity contribution in [1.29, 1.82) is 0 Å². The van der Waals surface area contributed by atoms with E-state index in [0.29, 0.717) is 11.5 Å². The van der Waals surface area contributed by atoms with Crippen LogP contribution in [0.25, 0.3) is 0 Å². The number of anilines is 1. The van der Waals surface area contributed by atoms with Gasteiger partial charge in [-0.3, -0.25) is 9.69 Å². The second-order valence-corrected chi connectivity index (χ2v) is 7.19. The zero-order chi connectivity index (χ0) is 19.9. The lowest BCUT2D eigenvalue weighted by atomic mass is 10.1. The van der Waals surface area contributed by atoms with Gasteiger partial charge in [0.25, 0.3) is 0 Å². The molecule has 6 heteroatoms. The van der Waals surface area contributed by atoms with Gasteiger partial charge < -0.3 is 19.7 Å². The normalized spacial score (nSPS) is 15.2. The molecule has 1 aliphatic heterocycles. The second kappa shape index (κ2) is 9.57. The predicted molar refractivity (Wildman–Crippen MR) is 111 cm³/mol. The van der Waals surface area contributed by atoms with Crippen LogP contribution in [-0.2, 0) is 17.8 Å². The van der Waals surface area contributed by atoms with E-state index < -0.39 is 0 Å². The number of amides is 1. The molecule has 0 atom stereocenters. The first-order valence-electron chi connectivity index (χ1n) is 9.58. The van der Waals surface area contributed by atoms with Crippen LogP contribution >= 0.6 is 0 Å². The van der Waals surface area contributed by atoms with Crippen LogP contribution in [0.15, 0.2) is 42.5 Å². The monoisotopic (exact) mass is 383 g/mol. The Balaban J connectivity index is 1.53. The number of rotatable bonds is 7. The Morgan fingerprint density at radius 2 is 1.57 bits per heavy atom. The van der Waals surface area contributed by atoms with Crippen molar-refractivity contribution in [2.24, 2.45) is 0 Å². The van der Waals surface area contributed by atoms with Crippen molar-refractivity contribution in [2.75, 3.05) is 52.8 Å². The van der Waals surface area contributed by atoms with Gasteiger partial charge in [0.05, 0.1) is 20.6 Å². The molecule has 150 valence electrons. The standard InChI is InChI=1S/C22H29N3O3/c1-24-10-12-25(13-11-24)16-17-4-7-19(8-5-17)23-22(26)15-18-6-9-20(27-2)21(14-18)28-3/h4-9,14H,10-13,15-16H2,1-3H3,(H,23,26). The summed E-state index contributed by atoms with van der Waals surface area (Å²) in [6.45, 7) is 5.38. The van der Waals surface area contributed by atoms with E-state index in [9.17, 15) is 4.79 Å². The maximum absolute atomic E-state index is 12.4. The SMILES string of the molecule is COc1ccc(CC(=O)Nc2ccc(CN3CCN(C)CC3)cc2)cc1OC. The quantitative estimate of drug-likeness (QED) is 0.797. The molecule has 1 heterocycles. The van der Waals surface area contributed by atoms with Gasteiger partial charge in [0.2, 0.25) is 5.91 Å². The minimum absolute atomic E-state index is 0.0564. The van der Waals surface area contributed by atoms with Gasteiger partial charge in [0.1, 0.15) is 0 Å². The van der Waals surface area contributed by atoms with Gasteiger partial charge in [-0.2, -0.15) is 0 Å². The van der Waals surface area contributed by atoms with Gasteiger partial charge >= 0.3 is 0 Å². The highest BCUT2D eigenvalue weighted by Gasteiger charge is 2.14. The summed E-state index contributed by atoms with van der Waals surface area (Å²) in [6.07, 6.45) is 0.281. The molecule has 1 fully saturated rings. The Kier molecular flexibility index (Phi) is 6.90. The number of carbonyl (C=O) groups excluding carboxylic acids is 1. The predicted octanol–water partition coefficient (Wildman–Crippen LogP) is 2.63. The largest absolute Gasteiger partial charge is 0.493 e. The fraction of sp³-hybridized carbons (Fsp3) is 0.409. The van der Waals surface area contributed by atoms with E-state index in [-0.39, 0.29) is 12.3 Å². The molecule has 1 N–H and O–H groups in total. The molecule has 2 aromatic carbocycles. The molecule has 0 bridgehead atoms. The maximum atomic E-state index is 12.4. The second-order valence-electron chi connectivity index (χ2n) is 7.19.